The molecule has 0 aliphatic carbocycles. The van der Waals surface area contributed by atoms with Crippen LogP contribution in [0, 0.1) is 0 Å². The fraction of sp³-hybridized carbons (Fsp3) is 0.500. The quantitative estimate of drug-likeness (QED) is 0.759. The first-order valence-electron chi connectivity index (χ1n) is 5.23. The molecule has 0 amide bonds. The zero-order chi connectivity index (χ0) is 11.8. The van der Waals surface area contributed by atoms with Gasteiger partial charge in [-0.1, -0.05) is 6.07 Å². The maximum absolute atomic E-state index is 5.63. The molecule has 0 aliphatic heterocycles. The van der Waals surface area contributed by atoms with Gasteiger partial charge in [0.2, 0.25) is 0 Å². The van der Waals surface area contributed by atoms with Crippen LogP contribution in [0.3, 0.4) is 0 Å². The van der Waals surface area contributed by atoms with E-state index in [1.807, 2.05) is 31.3 Å². The summed E-state index contributed by atoms with van der Waals surface area (Å²) in [6.45, 7) is 1.19. The van der Waals surface area contributed by atoms with Crippen molar-refractivity contribution in [1.82, 2.24) is 5.32 Å². The van der Waals surface area contributed by atoms with E-state index in [1.165, 1.54) is 0 Å². The molecule has 0 saturated carbocycles. The first kappa shape index (κ1) is 12.8. The summed E-state index contributed by atoms with van der Waals surface area (Å²) in [6.07, 6.45) is 0. The fourth-order valence-corrected chi connectivity index (χ4v) is 1.30. The SMILES string of the molecule is CNC(COC)COc1cccc(OC)c1. The molecule has 0 bridgehead atoms. The molecule has 0 heterocycles. The predicted octanol–water partition coefficient (Wildman–Crippen LogP) is 1.31. The van der Waals surface area contributed by atoms with E-state index < -0.39 is 0 Å². The van der Waals surface area contributed by atoms with Crippen LogP contribution < -0.4 is 14.8 Å². The standard InChI is InChI=1S/C12H19NO3/c1-13-10(8-14-2)9-16-12-6-4-5-11(7-12)15-3/h4-7,10,13H,8-9H2,1-3H3. The van der Waals surface area contributed by atoms with Gasteiger partial charge in [0.1, 0.15) is 18.1 Å². The Balaban J connectivity index is 2.46. The topological polar surface area (TPSA) is 39.7 Å². The largest absolute Gasteiger partial charge is 0.497 e. The van der Waals surface area contributed by atoms with Crippen molar-refractivity contribution in [3.8, 4) is 11.5 Å². The highest BCUT2D eigenvalue weighted by molar-refractivity contribution is 5.32. The molecule has 16 heavy (non-hydrogen) atoms. The van der Waals surface area contributed by atoms with Crippen LogP contribution in [0.4, 0.5) is 0 Å². The van der Waals surface area contributed by atoms with Gasteiger partial charge >= 0.3 is 0 Å². The van der Waals surface area contributed by atoms with Gasteiger partial charge in [-0.2, -0.15) is 0 Å². The molecular weight excluding hydrogens is 206 g/mol. The molecule has 1 aromatic carbocycles. The Kier molecular flexibility index (Phi) is 5.67. The lowest BCUT2D eigenvalue weighted by atomic mass is 10.3. The van der Waals surface area contributed by atoms with Crippen LogP contribution in [-0.2, 0) is 4.74 Å². The van der Waals surface area contributed by atoms with E-state index in [1.54, 1.807) is 14.2 Å². The maximum Gasteiger partial charge on any atom is 0.123 e. The highest BCUT2D eigenvalue weighted by atomic mass is 16.5. The van der Waals surface area contributed by atoms with Crippen LogP contribution in [0.2, 0.25) is 0 Å². The van der Waals surface area contributed by atoms with Crippen LogP contribution in [0.1, 0.15) is 0 Å². The summed E-state index contributed by atoms with van der Waals surface area (Å²) < 4.78 is 15.8. The van der Waals surface area contributed by atoms with Gasteiger partial charge in [-0.05, 0) is 19.2 Å². The number of methoxy groups -OCH3 is 2. The summed E-state index contributed by atoms with van der Waals surface area (Å²) in [7, 11) is 5.20. The van der Waals surface area contributed by atoms with E-state index in [4.69, 9.17) is 14.2 Å². The Labute approximate surface area is 96.5 Å². The average Bonchev–Trinajstić information content (AvgIpc) is 2.34. The summed E-state index contributed by atoms with van der Waals surface area (Å²) in [5, 5.41) is 3.12. The predicted molar refractivity (Wildman–Crippen MR) is 63.2 cm³/mol. The van der Waals surface area contributed by atoms with E-state index in [2.05, 4.69) is 5.32 Å². The number of rotatable bonds is 7. The zero-order valence-corrected chi connectivity index (χ0v) is 10.0. The lowest BCUT2D eigenvalue weighted by Crippen LogP contribution is -2.35. The number of nitrogens with one attached hydrogen (secondary N) is 1. The molecule has 1 rings (SSSR count). The monoisotopic (exact) mass is 225 g/mol. The maximum atomic E-state index is 5.63. The van der Waals surface area contributed by atoms with E-state index in [0.717, 1.165) is 11.5 Å². The second kappa shape index (κ2) is 7.09. The molecule has 0 saturated heterocycles. The number of hydrogen-bond donors (Lipinski definition) is 1. The van der Waals surface area contributed by atoms with Crippen LogP contribution in [0.5, 0.6) is 11.5 Å². The van der Waals surface area contributed by atoms with Crippen molar-refractivity contribution in [3.63, 3.8) is 0 Å². The summed E-state index contributed by atoms with van der Waals surface area (Å²) in [5.41, 5.74) is 0. The first-order chi connectivity index (χ1) is 7.80. The van der Waals surface area contributed by atoms with Gasteiger partial charge in [0.15, 0.2) is 0 Å². The van der Waals surface area contributed by atoms with Gasteiger partial charge in [0, 0.05) is 13.2 Å². The second-order valence-corrected chi connectivity index (χ2v) is 3.43. The van der Waals surface area contributed by atoms with Gasteiger partial charge in [-0.15, -0.1) is 0 Å². The minimum Gasteiger partial charge on any atom is -0.497 e. The molecule has 0 fully saturated rings. The van der Waals surface area contributed by atoms with Crippen molar-refractivity contribution in [3.05, 3.63) is 24.3 Å². The highest BCUT2D eigenvalue weighted by Crippen LogP contribution is 2.18. The van der Waals surface area contributed by atoms with E-state index in [9.17, 15) is 0 Å². The minimum absolute atomic E-state index is 0.191. The van der Waals surface area contributed by atoms with Gasteiger partial charge in [0.25, 0.3) is 0 Å². The Hall–Kier alpha value is -1.26. The lowest BCUT2D eigenvalue weighted by molar-refractivity contribution is 0.140. The third-order valence-corrected chi connectivity index (χ3v) is 2.27. The first-order valence-corrected chi connectivity index (χ1v) is 5.23. The Morgan fingerprint density at radius 1 is 1.19 bits per heavy atom. The smallest absolute Gasteiger partial charge is 0.123 e. The van der Waals surface area contributed by atoms with Crippen LogP contribution >= 0.6 is 0 Å². The molecule has 1 aromatic rings. The molecule has 1 atom stereocenters. The van der Waals surface area contributed by atoms with Crippen LogP contribution in [0.15, 0.2) is 24.3 Å². The lowest BCUT2D eigenvalue weighted by Gasteiger charge is -2.16. The number of benzene rings is 1. The molecule has 4 heteroatoms. The van der Waals surface area contributed by atoms with Crippen LogP contribution in [0.25, 0.3) is 0 Å². The van der Waals surface area contributed by atoms with Crippen molar-refractivity contribution >= 4 is 0 Å². The molecule has 0 aromatic heterocycles. The molecule has 0 aliphatic rings. The van der Waals surface area contributed by atoms with E-state index in [0.29, 0.717) is 13.2 Å². The van der Waals surface area contributed by atoms with Crippen molar-refractivity contribution in [1.29, 1.82) is 0 Å². The third-order valence-electron chi connectivity index (χ3n) is 2.27. The minimum atomic E-state index is 0.191. The van der Waals surface area contributed by atoms with Crippen molar-refractivity contribution in [2.75, 3.05) is 34.5 Å². The van der Waals surface area contributed by atoms with E-state index >= 15 is 0 Å². The number of likely N-dealkylation sites (N-methyl/N-ethyl adjacent to an activating group) is 1. The van der Waals surface area contributed by atoms with Crippen LogP contribution in [-0.4, -0.2) is 40.5 Å². The third kappa shape index (κ3) is 4.08. The Bertz CT molecular complexity index is 304. The molecule has 0 spiro atoms. The fourth-order valence-electron chi connectivity index (χ4n) is 1.30. The highest BCUT2D eigenvalue weighted by Gasteiger charge is 2.06. The average molecular weight is 225 g/mol. The van der Waals surface area contributed by atoms with Crippen molar-refractivity contribution < 1.29 is 14.2 Å². The molecule has 90 valence electrons. The summed E-state index contributed by atoms with van der Waals surface area (Å²) in [6, 6.07) is 7.74. The summed E-state index contributed by atoms with van der Waals surface area (Å²) in [4.78, 5) is 0. The van der Waals surface area contributed by atoms with Gasteiger partial charge in [-0.3, -0.25) is 0 Å². The molecule has 1 N–H and O–H groups in total. The second-order valence-electron chi connectivity index (χ2n) is 3.43. The Morgan fingerprint density at radius 3 is 2.56 bits per heavy atom. The molecular formula is C12H19NO3. The van der Waals surface area contributed by atoms with Gasteiger partial charge in [0.05, 0.1) is 19.8 Å². The molecule has 1 unspecified atom stereocenters. The van der Waals surface area contributed by atoms with Crippen molar-refractivity contribution in [2.24, 2.45) is 0 Å². The normalized spacial score (nSPS) is 12.2. The Morgan fingerprint density at radius 2 is 1.94 bits per heavy atom. The number of hydrogen-bond acceptors (Lipinski definition) is 4. The van der Waals surface area contributed by atoms with Crippen molar-refractivity contribution in [2.45, 2.75) is 6.04 Å². The molecule has 4 nitrogen and oxygen atoms in total. The molecule has 0 radical (unpaired) electrons. The summed E-state index contributed by atoms with van der Waals surface area (Å²) in [5.74, 6) is 1.60. The number of ether oxygens (including phenoxy) is 3. The zero-order valence-electron chi connectivity index (χ0n) is 10.0. The van der Waals surface area contributed by atoms with Gasteiger partial charge < -0.3 is 19.5 Å². The van der Waals surface area contributed by atoms with Gasteiger partial charge in [-0.25, -0.2) is 0 Å². The summed E-state index contributed by atoms with van der Waals surface area (Å²) >= 11 is 0. The van der Waals surface area contributed by atoms with E-state index in [-0.39, 0.29) is 6.04 Å².